The molecule has 0 bridgehead atoms. The van der Waals surface area contributed by atoms with E-state index >= 15 is 0 Å². The van der Waals surface area contributed by atoms with Crippen molar-refractivity contribution in [3.8, 4) is 5.75 Å². The zero-order chi connectivity index (χ0) is 14.5. The molecule has 4 heteroatoms. The fourth-order valence-corrected chi connectivity index (χ4v) is 2.66. The highest BCUT2D eigenvalue weighted by atomic mass is 79.9. The average molecular weight is 399 g/mol. The molecule has 0 fully saturated rings. The molecule has 0 saturated heterocycles. The van der Waals surface area contributed by atoms with Gasteiger partial charge in [-0.1, -0.05) is 56.1 Å². The predicted octanol–water partition coefficient (Wildman–Crippen LogP) is 5.07. The van der Waals surface area contributed by atoms with Gasteiger partial charge >= 0.3 is 0 Å². The number of hydrogen-bond acceptors (Lipinski definition) is 2. The number of halogens is 2. The van der Waals surface area contributed by atoms with E-state index in [-0.39, 0.29) is 6.04 Å². The predicted molar refractivity (Wildman–Crippen MR) is 90.1 cm³/mol. The summed E-state index contributed by atoms with van der Waals surface area (Å²) in [5.41, 5.74) is 2.29. The zero-order valence-corrected chi connectivity index (χ0v) is 14.7. The Labute approximate surface area is 136 Å². The first-order valence-electron chi connectivity index (χ1n) is 6.44. The first-order chi connectivity index (χ1) is 9.61. The number of ether oxygens (including phenoxy) is 1. The van der Waals surface area contributed by atoms with E-state index in [0.717, 1.165) is 25.8 Å². The van der Waals surface area contributed by atoms with Crippen LogP contribution in [0.3, 0.4) is 0 Å². The number of rotatable bonds is 5. The summed E-state index contributed by atoms with van der Waals surface area (Å²) in [6.45, 7) is 2.66. The lowest BCUT2D eigenvalue weighted by Gasteiger charge is -2.17. The summed E-state index contributed by atoms with van der Waals surface area (Å²) in [6.07, 6.45) is 0. The standard InChI is InChI=1S/C16H17Br2NO/c1-11(19-2)14-8-7-13(17)9-16(14)20-10-12-5-3-4-6-15(12)18/h3-9,11,19H,10H2,1-2H3. The van der Waals surface area contributed by atoms with Crippen molar-refractivity contribution in [1.29, 1.82) is 0 Å². The molecule has 0 amide bonds. The second kappa shape index (κ2) is 7.25. The van der Waals surface area contributed by atoms with Crippen LogP contribution in [-0.4, -0.2) is 7.05 Å². The maximum Gasteiger partial charge on any atom is 0.125 e. The quantitative estimate of drug-likeness (QED) is 0.758. The number of nitrogens with one attached hydrogen (secondary N) is 1. The molecule has 0 radical (unpaired) electrons. The summed E-state index contributed by atoms with van der Waals surface area (Å²) in [5, 5.41) is 3.25. The second-order valence-corrected chi connectivity index (χ2v) is 6.34. The molecular weight excluding hydrogens is 382 g/mol. The summed E-state index contributed by atoms with van der Waals surface area (Å²) in [7, 11) is 1.95. The Balaban J connectivity index is 2.20. The van der Waals surface area contributed by atoms with Gasteiger partial charge in [0.1, 0.15) is 12.4 Å². The maximum absolute atomic E-state index is 6.01. The molecule has 0 aliphatic carbocycles. The Bertz CT molecular complexity index is 586. The van der Waals surface area contributed by atoms with Crippen molar-refractivity contribution in [1.82, 2.24) is 5.32 Å². The van der Waals surface area contributed by atoms with Crippen LogP contribution in [0.25, 0.3) is 0 Å². The van der Waals surface area contributed by atoms with Gasteiger partial charge in [0.05, 0.1) is 0 Å². The highest BCUT2D eigenvalue weighted by molar-refractivity contribution is 9.10. The van der Waals surface area contributed by atoms with Gasteiger partial charge in [0.25, 0.3) is 0 Å². The Morgan fingerprint density at radius 1 is 1.15 bits per heavy atom. The van der Waals surface area contributed by atoms with Crippen molar-refractivity contribution < 1.29 is 4.74 Å². The van der Waals surface area contributed by atoms with Crippen molar-refractivity contribution in [2.24, 2.45) is 0 Å². The minimum absolute atomic E-state index is 0.248. The van der Waals surface area contributed by atoms with Crippen LogP contribution < -0.4 is 10.1 Å². The van der Waals surface area contributed by atoms with Gasteiger partial charge in [0.2, 0.25) is 0 Å². The Morgan fingerprint density at radius 3 is 2.60 bits per heavy atom. The van der Waals surface area contributed by atoms with Crippen LogP contribution in [0.5, 0.6) is 5.75 Å². The zero-order valence-electron chi connectivity index (χ0n) is 11.5. The fraction of sp³-hybridized carbons (Fsp3) is 0.250. The normalized spacial score (nSPS) is 12.2. The van der Waals surface area contributed by atoms with E-state index in [4.69, 9.17) is 4.74 Å². The molecular formula is C16H17Br2NO. The second-order valence-electron chi connectivity index (χ2n) is 4.57. The Hall–Kier alpha value is -0.840. The highest BCUT2D eigenvalue weighted by Gasteiger charge is 2.11. The number of hydrogen-bond donors (Lipinski definition) is 1. The fourth-order valence-electron chi connectivity index (χ4n) is 1.92. The monoisotopic (exact) mass is 397 g/mol. The molecule has 2 nitrogen and oxygen atoms in total. The third kappa shape index (κ3) is 3.84. The molecule has 1 atom stereocenters. The summed E-state index contributed by atoms with van der Waals surface area (Å²) >= 11 is 7.04. The van der Waals surface area contributed by atoms with Crippen molar-refractivity contribution in [3.63, 3.8) is 0 Å². The van der Waals surface area contributed by atoms with E-state index in [1.807, 2.05) is 37.4 Å². The molecule has 0 heterocycles. The minimum atomic E-state index is 0.248. The van der Waals surface area contributed by atoms with Crippen LogP contribution in [0.15, 0.2) is 51.4 Å². The molecule has 0 aromatic heterocycles. The summed E-state index contributed by atoms with van der Waals surface area (Å²) in [6, 6.07) is 14.5. The molecule has 2 aromatic carbocycles. The van der Waals surface area contributed by atoms with Crippen LogP contribution in [0.4, 0.5) is 0 Å². The van der Waals surface area contributed by atoms with Crippen molar-refractivity contribution in [2.75, 3.05) is 7.05 Å². The molecule has 2 aromatic rings. The third-order valence-electron chi connectivity index (χ3n) is 3.22. The highest BCUT2D eigenvalue weighted by Crippen LogP contribution is 2.29. The van der Waals surface area contributed by atoms with E-state index in [2.05, 4.69) is 56.2 Å². The summed E-state index contributed by atoms with van der Waals surface area (Å²) in [5.74, 6) is 0.900. The van der Waals surface area contributed by atoms with Gasteiger partial charge in [-0.25, -0.2) is 0 Å². The lowest BCUT2D eigenvalue weighted by atomic mass is 10.1. The van der Waals surface area contributed by atoms with E-state index in [0.29, 0.717) is 6.61 Å². The topological polar surface area (TPSA) is 21.3 Å². The van der Waals surface area contributed by atoms with E-state index < -0.39 is 0 Å². The summed E-state index contributed by atoms with van der Waals surface area (Å²) in [4.78, 5) is 0. The Kier molecular flexibility index (Phi) is 5.64. The SMILES string of the molecule is CNC(C)c1ccc(Br)cc1OCc1ccccc1Br. The number of benzene rings is 2. The largest absolute Gasteiger partial charge is 0.488 e. The van der Waals surface area contributed by atoms with Gasteiger partial charge in [-0.05, 0) is 32.2 Å². The van der Waals surface area contributed by atoms with Crippen molar-refractivity contribution in [3.05, 3.63) is 62.5 Å². The average Bonchev–Trinajstić information content (AvgIpc) is 2.46. The smallest absolute Gasteiger partial charge is 0.125 e. The summed E-state index contributed by atoms with van der Waals surface area (Å²) < 4.78 is 8.10. The van der Waals surface area contributed by atoms with Gasteiger partial charge in [0, 0.05) is 26.1 Å². The van der Waals surface area contributed by atoms with Gasteiger partial charge < -0.3 is 10.1 Å². The van der Waals surface area contributed by atoms with Crippen molar-refractivity contribution >= 4 is 31.9 Å². The van der Waals surface area contributed by atoms with Gasteiger partial charge in [0.15, 0.2) is 0 Å². The van der Waals surface area contributed by atoms with E-state index in [9.17, 15) is 0 Å². The first-order valence-corrected chi connectivity index (χ1v) is 8.03. The van der Waals surface area contributed by atoms with Crippen LogP contribution in [0, 0.1) is 0 Å². The van der Waals surface area contributed by atoms with Gasteiger partial charge in [-0.15, -0.1) is 0 Å². The molecule has 0 spiro atoms. The lowest BCUT2D eigenvalue weighted by Crippen LogP contribution is -2.13. The van der Waals surface area contributed by atoms with Gasteiger partial charge in [-0.2, -0.15) is 0 Å². The Morgan fingerprint density at radius 2 is 1.90 bits per heavy atom. The minimum Gasteiger partial charge on any atom is -0.488 e. The molecule has 20 heavy (non-hydrogen) atoms. The maximum atomic E-state index is 6.01. The third-order valence-corrected chi connectivity index (χ3v) is 4.48. The van der Waals surface area contributed by atoms with E-state index in [1.54, 1.807) is 0 Å². The van der Waals surface area contributed by atoms with Gasteiger partial charge in [-0.3, -0.25) is 0 Å². The van der Waals surface area contributed by atoms with Crippen LogP contribution in [0.2, 0.25) is 0 Å². The van der Waals surface area contributed by atoms with Crippen LogP contribution in [-0.2, 0) is 6.61 Å². The molecule has 1 N–H and O–H groups in total. The first kappa shape index (κ1) is 15.5. The van der Waals surface area contributed by atoms with Crippen molar-refractivity contribution in [2.45, 2.75) is 19.6 Å². The van der Waals surface area contributed by atoms with E-state index in [1.165, 1.54) is 0 Å². The molecule has 0 saturated carbocycles. The molecule has 0 aliphatic heterocycles. The van der Waals surface area contributed by atoms with Crippen LogP contribution in [0.1, 0.15) is 24.1 Å². The molecule has 106 valence electrons. The molecule has 2 rings (SSSR count). The lowest BCUT2D eigenvalue weighted by molar-refractivity contribution is 0.299. The van der Waals surface area contributed by atoms with Crippen LogP contribution >= 0.6 is 31.9 Å². The molecule has 0 aliphatic rings. The molecule has 1 unspecified atom stereocenters.